The summed E-state index contributed by atoms with van der Waals surface area (Å²) < 4.78 is 0. The molecule has 0 saturated carbocycles. The lowest BCUT2D eigenvalue weighted by Gasteiger charge is -2.00. The molecule has 0 aliphatic rings. The molecule has 0 aliphatic heterocycles. The van der Waals surface area contributed by atoms with Crippen molar-refractivity contribution in [2.75, 3.05) is 5.73 Å². The lowest BCUT2D eigenvalue weighted by atomic mass is 10.1. The number of aryl methyl sites for hydroxylation is 1. The molecule has 2 aromatic rings. The van der Waals surface area contributed by atoms with Crippen molar-refractivity contribution in [1.29, 1.82) is 0 Å². The Hall–Kier alpha value is -1.32. The highest BCUT2D eigenvalue weighted by Crippen LogP contribution is 2.27. The molecule has 2 N–H and O–H groups in total. The van der Waals surface area contributed by atoms with Crippen molar-refractivity contribution in [2.24, 2.45) is 0 Å². The van der Waals surface area contributed by atoms with E-state index in [1.165, 1.54) is 11.3 Å². The van der Waals surface area contributed by atoms with Crippen LogP contribution in [0.15, 0.2) is 30.3 Å². The predicted octanol–water partition coefficient (Wildman–Crippen LogP) is 3.52. The van der Waals surface area contributed by atoms with Crippen LogP contribution >= 0.6 is 22.9 Å². The maximum absolute atomic E-state index is 12.1. The fraction of sp³-hybridized carbons (Fsp3) is 0.0833. The number of halogens is 1. The van der Waals surface area contributed by atoms with Gasteiger partial charge in [-0.2, -0.15) is 0 Å². The quantitative estimate of drug-likeness (QED) is 0.830. The standard InChI is InChI=1S/C12H10ClNOS/c1-7-5-10(12(14)16-7)11(15)8-3-2-4-9(13)6-8/h2-6H,14H2,1H3. The number of ketones is 1. The molecule has 1 aromatic heterocycles. The highest BCUT2D eigenvalue weighted by Gasteiger charge is 2.14. The summed E-state index contributed by atoms with van der Waals surface area (Å²) in [5.74, 6) is -0.0793. The molecule has 0 atom stereocenters. The minimum absolute atomic E-state index is 0.0793. The van der Waals surface area contributed by atoms with Crippen LogP contribution in [0.25, 0.3) is 0 Å². The molecule has 82 valence electrons. The molecule has 0 fully saturated rings. The number of thiophene rings is 1. The minimum atomic E-state index is -0.0793. The van der Waals surface area contributed by atoms with Gasteiger partial charge in [0.05, 0.1) is 10.6 Å². The van der Waals surface area contributed by atoms with E-state index in [9.17, 15) is 4.79 Å². The van der Waals surface area contributed by atoms with Crippen LogP contribution in [0.2, 0.25) is 5.02 Å². The average molecular weight is 252 g/mol. The number of nitrogen functional groups attached to an aromatic ring is 1. The first-order valence-corrected chi connectivity index (χ1v) is 5.93. The van der Waals surface area contributed by atoms with Crippen LogP contribution in [0.3, 0.4) is 0 Å². The summed E-state index contributed by atoms with van der Waals surface area (Å²) in [6.45, 7) is 1.93. The minimum Gasteiger partial charge on any atom is -0.390 e. The number of carbonyl (C=O) groups excluding carboxylic acids is 1. The Bertz CT molecular complexity index is 548. The first-order valence-electron chi connectivity index (χ1n) is 4.74. The fourth-order valence-corrected chi connectivity index (χ4v) is 2.47. The van der Waals surface area contributed by atoms with Gasteiger partial charge in [-0.1, -0.05) is 23.7 Å². The van der Waals surface area contributed by atoms with Gasteiger partial charge in [-0.25, -0.2) is 0 Å². The topological polar surface area (TPSA) is 43.1 Å². The SMILES string of the molecule is Cc1cc(C(=O)c2cccc(Cl)c2)c(N)s1. The van der Waals surface area contributed by atoms with Crippen molar-refractivity contribution < 1.29 is 4.79 Å². The average Bonchev–Trinajstić information content (AvgIpc) is 2.57. The zero-order valence-corrected chi connectivity index (χ0v) is 10.2. The van der Waals surface area contributed by atoms with Gasteiger partial charge in [0.25, 0.3) is 0 Å². The van der Waals surface area contributed by atoms with E-state index >= 15 is 0 Å². The predicted molar refractivity (Wildman–Crippen MR) is 68.4 cm³/mol. The summed E-state index contributed by atoms with van der Waals surface area (Å²) in [5.41, 5.74) is 6.91. The van der Waals surface area contributed by atoms with E-state index in [4.69, 9.17) is 17.3 Å². The highest BCUT2D eigenvalue weighted by molar-refractivity contribution is 7.16. The van der Waals surface area contributed by atoms with E-state index in [0.29, 0.717) is 21.2 Å². The normalized spacial score (nSPS) is 10.4. The Kier molecular flexibility index (Phi) is 2.99. The van der Waals surface area contributed by atoms with Crippen molar-refractivity contribution in [3.8, 4) is 0 Å². The summed E-state index contributed by atoms with van der Waals surface area (Å²) in [7, 11) is 0. The molecule has 16 heavy (non-hydrogen) atoms. The molecule has 0 aliphatic carbocycles. The summed E-state index contributed by atoms with van der Waals surface area (Å²) in [4.78, 5) is 13.1. The molecule has 0 radical (unpaired) electrons. The Balaban J connectivity index is 2.43. The van der Waals surface area contributed by atoms with Crippen LogP contribution in [-0.2, 0) is 0 Å². The number of rotatable bonds is 2. The fourth-order valence-electron chi connectivity index (χ4n) is 1.49. The first kappa shape index (κ1) is 11.2. The molecule has 0 bridgehead atoms. The van der Waals surface area contributed by atoms with Crippen molar-refractivity contribution in [1.82, 2.24) is 0 Å². The van der Waals surface area contributed by atoms with Gasteiger partial charge in [-0.3, -0.25) is 4.79 Å². The van der Waals surface area contributed by atoms with E-state index in [0.717, 1.165) is 4.88 Å². The zero-order valence-electron chi connectivity index (χ0n) is 8.66. The van der Waals surface area contributed by atoms with E-state index < -0.39 is 0 Å². The molecule has 4 heteroatoms. The molecule has 0 unspecified atom stereocenters. The number of benzene rings is 1. The lowest BCUT2D eigenvalue weighted by Crippen LogP contribution is -2.02. The van der Waals surface area contributed by atoms with Crippen LogP contribution in [-0.4, -0.2) is 5.78 Å². The maximum atomic E-state index is 12.1. The third kappa shape index (κ3) is 2.10. The molecular formula is C12H10ClNOS. The molecular weight excluding hydrogens is 242 g/mol. The zero-order chi connectivity index (χ0) is 11.7. The second kappa shape index (κ2) is 4.28. The molecule has 2 nitrogen and oxygen atoms in total. The van der Waals surface area contributed by atoms with E-state index in [1.54, 1.807) is 24.3 Å². The van der Waals surface area contributed by atoms with Gasteiger partial charge in [0.1, 0.15) is 0 Å². The van der Waals surface area contributed by atoms with Crippen LogP contribution in [0.5, 0.6) is 0 Å². The van der Waals surface area contributed by atoms with Crippen LogP contribution in [0.4, 0.5) is 5.00 Å². The van der Waals surface area contributed by atoms with Crippen molar-refractivity contribution in [3.05, 3.63) is 51.4 Å². The Morgan fingerprint density at radius 1 is 1.38 bits per heavy atom. The van der Waals surface area contributed by atoms with Gasteiger partial charge in [-0.15, -0.1) is 11.3 Å². The highest BCUT2D eigenvalue weighted by atomic mass is 35.5. The molecule has 1 heterocycles. The van der Waals surface area contributed by atoms with Gasteiger partial charge in [0, 0.05) is 15.5 Å². The molecule has 0 amide bonds. The first-order chi connectivity index (χ1) is 7.58. The van der Waals surface area contributed by atoms with Crippen LogP contribution in [0.1, 0.15) is 20.8 Å². The van der Waals surface area contributed by atoms with Crippen LogP contribution < -0.4 is 5.73 Å². The molecule has 0 saturated heterocycles. The number of hydrogen-bond donors (Lipinski definition) is 1. The number of carbonyl (C=O) groups is 1. The third-order valence-electron chi connectivity index (χ3n) is 2.22. The summed E-state index contributed by atoms with van der Waals surface area (Å²) >= 11 is 7.26. The van der Waals surface area contributed by atoms with Crippen LogP contribution in [0, 0.1) is 6.92 Å². The maximum Gasteiger partial charge on any atom is 0.196 e. The summed E-state index contributed by atoms with van der Waals surface area (Å²) in [5, 5.41) is 1.11. The number of hydrogen-bond acceptors (Lipinski definition) is 3. The third-order valence-corrected chi connectivity index (χ3v) is 3.33. The number of anilines is 1. The van der Waals surface area contributed by atoms with Gasteiger partial charge in [-0.05, 0) is 25.1 Å². The van der Waals surface area contributed by atoms with Gasteiger partial charge in [0.15, 0.2) is 5.78 Å². The van der Waals surface area contributed by atoms with Gasteiger partial charge >= 0.3 is 0 Å². The van der Waals surface area contributed by atoms with Crippen molar-refractivity contribution in [2.45, 2.75) is 6.92 Å². The van der Waals surface area contributed by atoms with Crippen molar-refractivity contribution in [3.63, 3.8) is 0 Å². The van der Waals surface area contributed by atoms with E-state index in [1.807, 2.05) is 13.0 Å². The molecule has 2 rings (SSSR count). The van der Waals surface area contributed by atoms with E-state index in [-0.39, 0.29) is 5.78 Å². The van der Waals surface area contributed by atoms with E-state index in [2.05, 4.69) is 0 Å². The Morgan fingerprint density at radius 3 is 2.69 bits per heavy atom. The molecule has 1 aromatic carbocycles. The second-order valence-electron chi connectivity index (χ2n) is 3.47. The Morgan fingerprint density at radius 2 is 2.12 bits per heavy atom. The van der Waals surface area contributed by atoms with Gasteiger partial charge < -0.3 is 5.73 Å². The Labute approximate surface area is 103 Å². The largest absolute Gasteiger partial charge is 0.390 e. The monoisotopic (exact) mass is 251 g/mol. The summed E-state index contributed by atoms with van der Waals surface area (Å²) in [6, 6.07) is 8.69. The summed E-state index contributed by atoms with van der Waals surface area (Å²) in [6.07, 6.45) is 0. The second-order valence-corrected chi connectivity index (χ2v) is 5.20. The molecule has 0 spiro atoms. The van der Waals surface area contributed by atoms with Crippen molar-refractivity contribution >= 4 is 33.7 Å². The number of nitrogens with two attached hydrogens (primary N) is 1. The van der Waals surface area contributed by atoms with Gasteiger partial charge in [0.2, 0.25) is 0 Å². The smallest absolute Gasteiger partial charge is 0.196 e. The lowest BCUT2D eigenvalue weighted by molar-refractivity contribution is 0.104.